The molecule has 0 spiro atoms. The lowest BCUT2D eigenvalue weighted by molar-refractivity contribution is 0.118. The van der Waals surface area contributed by atoms with Crippen molar-refractivity contribution < 1.29 is 0 Å². The minimum atomic E-state index is 0.235. The van der Waals surface area contributed by atoms with E-state index in [0.717, 1.165) is 19.6 Å². The molecule has 0 bridgehead atoms. The lowest BCUT2D eigenvalue weighted by atomic mass is 10.00. The Morgan fingerprint density at radius 2 is 2.24 bits per heavy atom. The monoisotopic (exact) mass is 229 g/mol. The van der Waals surface area contributed by atoms with Gasteiger partial charge in [0, 0.05) is 31.7 Å². The molecule has 2 rings (SSSR count). The molecule has 2 atom stereocenters. The molecule has 3 heteroatoms. The molecule has 1 fully saturated rings. The molecule has 1 aliphatic rings. The molecule has 0 aliphatic carbocycles. The number of rotatable bonds is 3. The van der Waals surface area contributed by atoms with Crippen molar-refractivity contribution in [3.05, 3.63) is 35.9 Å². The van der Waals surface area contributed by atoms with Gasteiger partial charge in [0.15, 0.2) is 0 Å². The van der Waals surface area contributed by atoms with Gasteiger partial charge in [-0.3, -0.25) is 4.90 Å². The van der Waals surface area contributed by atoms with Gasteiger partial charge < -0.3 is 5.32 Å². The fraction of sp³-hybridized carbons (Fsp3) is 0.500. The molecule has 1 heterocycles. The van der Waals surface area contributed by atoms with Gasteiger partial charge >= 0.3 is 0 Å². The van der Waals surface area contributed by atoms with E-state index in [-0.39, 0.29) is 6.04 Å². The van der Waals surface area contributed by atoms with Crippen molar-refractivity contribution in [3.63, 3.8) is 0 Å². The number of piperazine rings is 1. The number of hydrogen-bond acceptors (Lipinski definition) is 3. The molecular formula is C14H19N3. The molecule has 1 saturated heterocycles. The van der Waals surface area contributed by atoms with E-state index in [9.17, 15) is 0 Å². The zero-order valence-corrected chi connectivity index (χ0v) is 10.3. The van der Waals surface area contributed by atoms with E-state index >= 15 is 0 Å². The maximum atomic E-state index is 9.02. The normalized spacial score (nSPS) is 22.9. The Labute approximate surface area is 103 Å². The van der Waals surface area contributed by atoms with Crippen LogP contribution in [0.3, 0.4) is 0 Å². The minimum Gasteiger partial charge on any atom is -0.314 e. The van der Waals surface area contributed by atoms with Crippen molar-refractivity contribution in [2.24, 2.45) is 0 Å². The van der Waals surface area contributed by atoms with Crippen LogP contribution in [-0.4, -0.2) is 30.6 Å². The SMILES string of the molecule is CC1CNCCN1C(CC#N)c1ccccc1. The van der Waals surface area contributed by atoms with Gasteiger partial charge in [0.05, 0.1) is 12.5 Å². The summed E-state index contributed by atoms with van der Waals surface area (Å²) in [6.45, 7) is 5.26. The second-order valence-corrected chi connectivity index (χ2v) is 4.58. The van der Waals surface area contributed by atoms with Crippen molar-refractivity contribution in [1.29, 1.82) is 5.26 Å². The topological polar surface area (TPSA) is 39.1 Å². The number of hydrogen-bond donors (Lipinski definition) is 1. The van der Waals surface area contributed by atoms with Crippen LogP contribution in [0.2, 0.25) is 0 Å². The average molecular weight is 229 g/mol. The lowest BCUT2D eigenvalue weighted by Gasteiger charge is -2.39. The molecule has 1 aromatic carbocycles. The largest absolute Gasteiger partial charge is 0.314 e. The Morgan fingerprint density at radius 1 is 1.47 bits per heavy atom. The van der Waals surface area contributed by atoms with E-state index in [1.807, 2.05) is 18.2 Å². The van der Waals surface area contributed by atoms with Crippen LogP contribution >= 0.6 is 0 Å². The van der Waals surface area contributed by atoms with Gasteiger partial charge in [-0.1, -0.05) is 30.3 Å². The van der Waals surface area contributed by atoms with E-state index in [2.05, 4.69) is 35.3 Å². The van der Waals surface area contributed by atoms with Gasteiger partial charge in [0.1, 0.15) is 0 Å². The highest BCUT2D eigenvalue weighted by atomic mass is 15.2. The zero-order chi connectivity index (χ0) is 12.1. The van der Waals surface area contributed by atoms with Gasteiger partial charge in [-0.25, -0.2) is 0 Å². The Kier molecular flexibility index (Phi) is 4.13. The molecule has 2 unspecified atom stereocenters. The number of benzene rings is 1. The van der Waals surface area contributed by atoms with Crippen LogP contribution in [0.4, 0.5) is 0 Å². The van der Waals surface area contributed by atoms with E-state index in [1.165, 1.54) is 5.56 Å². The Balaban J connectivity index is 2.20. The Morgan fingerprint density at radius 3 is 2.88 bits per heavy atom. The molecule has 0 aromatic heterocycles. The van der Waals surface area contributed by atoms with Gasteiger partial charge in [-0.2, -0.15) is 5.26 Å². The van der Waals surface area contributed by atoms with Crippen molar-refractivity contribution in [2.75, 3.05) is 19.6 Å². The van der Waals surface area contributed by atoms with E-state index < -0.39 is 0 Å². The zero-order valence-electron chi connectivity index (χ0n) is 10.3. The first-order chi connectivity index (χ1) is 8.33. The molecule has 0 radical (unpaired) electrons. The first kappa shape index (κ1) is 12.1. The van der Waals surface area contributed by atoms with Crippen LogP contribution in [-0.2, 0) is 0 Å². The Bertz CT molecular complexity index is 382. The van der Waals surface area contributed by atoms with E-state index in [1.54, 1.807) is 0 Å². The molecule has 90 valence electrons. The lowest BCUT2D eigenvalue weighted by Crippen LogP contribution is -2.51. The van der Waals surface area contributed by atoms with Crippen LogP contribution in [0, 0.1) is 11.3 Å². The number of nitriles is 1. The maximum Gasteiger partial charge on any atom is 0.0641 e. The maximum absolute atomic E-state index is 9.02. The van der Waals surface area contributed by atoms with E-state index in [0.29, 0.717) is 12.5 Å². The third-order valence-electron chi connectivity index (χ3n) is 3.42. The highest BCUT2D eigenvalue weighted by Crippen LogP contribution is 2.26. The van der Waals surface area contributed by atoms with Crippen LogP contribution in [0.5, 0.6) is 0 Å². The third kappa shape index (κ3) is 2.85. The molecule has 1 aliphatic heterocycles. The molecule has 0 saturated carbocycles. The van der Waals surface area contributed by atoms with Crippen LogP contribution in [0.1, 0.15) is 24.9 Å². The second kappa shape index (κ2) is 5.81. The number of nitrogens with one attached hydrogen (secondary N) is 1. The summed E-state index contributed by atoms with van der Waals surface area (Å²) in [5.74, 6) is 0. The van der Waals surface area contributed by atoms with Crippen LogP contribution in [0.25, 0.3) is 0 Å². The first-order valence-electron chi connectivity index (χ1n) is 6.21. The van der Waals surface area contributed by atoms with Crippen LogP contribution < -0.4 is 5.32 Å². The molecule has 1 N–H and O–H groups in total. The quantitative estimate of drug-likeness (QED) is 0.861. The minimum absolute atomic E-state index is 0.235. The van der Waals surface area contributed by atoms with Gasteiger partial charge in [0.25, 0.3) is 0 Å². The summed E-state index contributed by atoms with van der Waals surface area (Å²) in [5.41, 5.74) is 1.25. The number of nitrogens with zero attached hydrogens (tertiary/aromatic N) is 2. The summed E-state index contributed by atoms with van der Waals surface area (Å²) in [6.07, 6.45) is 0.564. The predicted octanol–water partition coefficient (Wildman–Crippen LogP) is 1.94. The highest BCUT2D eigenvalue weighted by molar-refractivity contribution is 5.20. The van der Waals surface area contributed by atoms with Crippen molar-refractivity contribution >= 4 is 0 Å². The molecular weight excluding hydrogens is 210 g/mol. The third-order valence-corrected chi connectivity index (χ3v) is 3.42. The highest BCUT2D eigenvalue weighted by Gasteiger charge is 2.26. The summed E-state index contributed by atoms with van der Waals surface area (Å²) >= 11 is 0. The molecule has 17 heavy (non-hydrogen) atoms. The van der Waals surface area contributed by atoms with Gasteiger partial charge in [0.2, 0.25) is 0 Å². The average Bonchev–Trinajstić information content (AvgIpc) is 2.38. The molecule has 0 amide bonds. The van der Waals surface area contributed by atoms with Gasteiger partial charge in [-0.15, -0.1) is 0 Å². The second-order valence-electron chi connectivity index (χ2n) is 4.58. The van der Waals surface area contributed by atoms with E-state index in [4.69, 9.17) is 5.26 Å². The standard InChI is InChI=1S/C14H19N3/c1-12-11-16-9-10-17(12)14(7-8-15)13-5-3-2-4-6-13/h2-6,12,14,16H,7,9-11H2,1H3. The predicted molar refractivity (Wildman–Crippen MR) is 68.5 cm³/mol. The van der Waals surface area contributed by atoms with Crippen molar-refractivity contribution in [1.82, 2.24) is 10.2 Å². The van der Waals surface area contributed by atoms with Crippen molar-refractivity contribution in [2.45, 2.75) is 25.4 Å². The summed E-state index contributed by atoms with van der Waals surface area (Å²) in [4.78, 5) is 2.44. The summed E-state index contributed by atoms with van der Waals surface area (Å²) in [5, 5.41) is 12.4. The Hall–Kier alpha value is -1.37. The van der Waals surface area contributed by atoms with Crippen LogP contribution in [0.15, 0.2) is 30.3 Å². The fourth-order valence-corrected chi connectivity index (χ4v) is 2.51. The van der Waals surface area contributed by atoms with Gasteiger partial charge in [-0.05, 0) is 12.5 Å². The summed E-state index contributed by atoms with van der Waals surface area (Å²) in [7, 11) is 0. The summed E-state index contributed by atoms with van der Waals surface area (Å²) < 4.78 is 0. The molecule has 3 nitrogen and oxygen atoms in total. The molecule has 1 aromatic rings. The fourth-order valence-electron chi connectivity index (χ4n) is 2.51. The smallest absolute Gasteiger partial charge is 0.0641 e. The summed E-state index contributed by atoms with van der Waals surface area (Å²) in [6, 6.07) is 13.4. The van der Waals surface area contributed by atoms with Crippen molar-refractivity contribution in [3.8, 4) is 6.07 Å². The first-order valence-corrected chi connectivity index (χ1v) is 6.21.